The number of carbonyl (C=O) groups is 3. The summed E-state index contributed by atoms with van der Waals surface area (Å²) >= 11 is 0. The van der Waals surface area contributed by atoms with E-state index in [1.807, 2.05) is 0 Å². The Bertz CT molecular complexity index is 1010. The van der Waals surface area contributed by atoms with Gasteiger partial charge < -0.3 is 15.4 Å². The summed E-state index contributed by atoms with van der Waals surface area (Å²) < 4.78 is 18.4. The third-order valence-electron chi connectivity index (χ3n) is 4.03. The van der Waals surface area contributed by atoms with Crippen molar-refractivity contribution >= 4 is 34.8 Å². The van der Waals surface area contributed by atoms with Crippen LogP contribution in [0.1, 0.15) is 22.8 Å². The van der Waals surface area contributed by atoms with Crippen molar-refractivity contribution in [2.75, 3.05) is 10.6 Å². The quantitative estimate of drug-likeness (QED) is 0.461. The number of halogens is 1. The van der Waals surface area contributed by atoms with Crippen LogP contribution in [0.15, 0.2) is 36.4 Å². The van der Waals surface area contributed by atoms with Crippen LogP contribution in [0, 0.1) is 15.9 Å². The molecular weight excluding hydrogens is 373 g/mol. The molecule has 3 rings (SSSR count). The molecule has 0 saturated heterocycles. The van der Waals surface area contributed by atoms with Gasteiger partial charge in [0.25, 0.3) is 5.91 Å². The van der Waals surface area contributed by atoms with Crippen molar-refractivity contribution in [1.82, 2.24) is 0 Å². The van der Waals surface area contributed by atoms with Crippen LogP contribution >= 0.6 is 0 Å². The molecule has 0 saturated carbocycles. The van der Waals surface area contributed by atoms with E-state index in [-0.39, 0.29) is 23.6 Å². The van der Waals surface area contributed by atoms with Crippen LogP contribution in [-0.2, 0) is 20.7 Å². The lowest BCUT2D eigenvalue weighted by Crippen LogP contribution is -2.30. The average molecular weight is 387 g/mol. The third-order valence-corrected chi connectivity index (χ3v) is 4.03. The number of carbonyl (C=O) groups excluding carboxylic acids is 3. The van der Waals surface area contributed by atoms with Crippen molar-refractivity contribution in [3.05, 3.63) is 63.5 Å². The summed E-state index contributed by atoms with van der Waals surface area (Å²) in [5.74, 6) is -2.73. The summed E-state index contributed by atoms with van der Waals surface area (Å²) in [6, 6.07) is 7.40. The lowest BCUT2D eigenvalue weighted by atomic mass is 10.1. The summed E-state index contributed by atoms with van der Waals surface area (Å²) in [7, 11) is 0. The Morgan fingerprint density at radius 2 is 2.04 bits per heavy atom. The van der Waals surface area contributed by atoms with Gasteiger partial charge in [0, 0.05) is 17.4 Å². The van der Waals surface area contributed by atoms with Gasteiger partial charge in [0.05, 0.1) is 16.9 Å². The molecule has 0 spiro atoms. The van der Waals surface area contributed by atoms with Gasteiger partial charge >= 0.3 is 11.7 Å². The Morgan fingerprint density at radius 1 is 1.29 bits per heavy atom. The Labute approximate surface area is 157 Å². The third kappa shape index (κ3) is 3.95. The molecule has 1 heterocycles. The zero-order valence-corrected chi connectivity index (χ0v) is 14.5. The maximum Gasteiger partial charge on any atom is 0.338 e. The molecule has 0 aliphatic carbocycles. The molecule has 0 unspecified atom stereocenters. The predicted octanol–water partition coefficient (Wildman–Crippen LogP) is 2.41. The largest absolute Gasteiger partial charge is 0.449 e. The van der Waals surface area contributed by atoms with Crippen molar-refractivity contribution in [3.8, 4) is 0 Å². The van der Waals surface area contributed by atoms with Crippen molar-refractivity contribution in [2.45, 2.75) is 19.4 Å². The van der Waals surface area contributed by atoms with E-state index in [9.17, 15) is 28.9 Å². The zero-order valence-electron chi connectivity index (χ0n) is 14.5. The molecule has 144 valence electrons. The Hall–Kier alpha value is -3.82. The molecule has 0 aromatic heterocycles. The summed E-state index contributed by atoms with van der Waals surface area (Å²) in [4.78, 5) is 45.6. The smallest absolute Gasteiger partial charge is 0.338 e. The van der Waals surface area contributed by atoms with Crippen LogP contribution in [0.5, 0.6) is 0 Å². The molecule has 1 atom stereocenters. The van der Waals surface area contributed by atoms with E-state index in [0.717, 1.165) is 18.2 Å². The number of hydrogen-bond acceptors (Lipinski definition) is 6. The van der Waals surface area contributed by atoms with E-state index < -0.39 is 34.4 Å². The number of nitrogens with zero attached hydrogens (tertiary/aromatic N) is 1. The molecule has 1 aliphatic heterocycles. The minimum Gasteiger partial charge on any atom is -0.449 e. The van der Waals surface area contributed by atoms with E-state index in [1.165, 1.54) is 19.1 Å². The maximum absolute atomic E-state index is 13.3. The first-order valence-corrected chi connectivity index (χ1v) is 8.13. The van der Waals surface area contributed by atoms with Gasteiger partial charge in [-0.05, 0) is 42.8 Å². The number of nitro groups is 1. The number of hydrogen-bond donors (Lipinski definition) is 2. The molecule has 0 bridgehead atoms. The Balaban J connectivity index is 1.65. The van der Waals surface area contributed by atoms with Crippen molar-refractivity contribution in [3.63, 3.8) is 0 Å². The lowest BCUT2D eigenvalue weighted by molar-refractivity contribution is -0.387. The highest BCUT2D eigenvalue weighted by atomic mass is 19.1. The Kier molecular flexibility index (Phi) is 5.03. The zero-order chi connectivity index (χ0) is 20.4. The molecule has 1 aliphatic rings. The molecule has 2 N–H and O–H groups in total. The van der Waals surface area contributed by atoms with E-state index in [0.29, 0.717) is 11.3 Å². The lowest BCUT2D eigenvalue weighted by Gasteiger charge is -2.14. The minimum atomic E-state index is -1.22. The first-order chi connectivity index (χ1) is 13.2. The standard InChI is InChI=1S/C18H14FN3O6/c1-9(17(24)20-12-3-4-13(19)15(8-12)22(26)27)28-18(25)10-2-5-14-11(6-10)7-16(23)21-14/h2-6,8-9H,7H2,1H3,(H,20,24)(H,21,23)/t9-/m0/s1. The second kappa shape index (κ2) is 7.43. The summed E-state index contributed by atoms with van der Waals surface area (Å²) in [5, 5.41) is 15.7. The average Bonchev–Trinajstić information content (AvgIpc) is 3.01. The maximum atomic E-state index is 13.3. The van der Waals surface area contributed by atoms with Gasteiger partial charge in [0.15, 0.2) is 6.10 Å². The molecule has 10 heteroatoms. The molecular formula is C18H14FN3O6. The monoisotopic (exact) mass is 387 g/mol. The number of ether oxygens (including phenoxy) is 1. The van der Waals surface area contributed by atoms with Gasteiger partial charge in [-0.3, -0.25) is 19.7 Å². The highest BCUT2D eigenvalue weighted by molar-refractivity contribution is 6.01. The van der Waals surface area contributed by atoms with E-state index >= 15 is 0 Å². The first kappa shape index (κ1) is 19.0. The van der Waals surface area contributed by atoms with E-state index in [4.69, 9.17) is 4.74 Å². The van der Waals surface area contributed by atoms with Gasteiger partial charge in [-0.25, -0.2) is 4.79 Å². The van der Waals surface area contributed by atoms with Crippen molar-refractivity contribution in [1.29, 1.82) is 0 Å². The van der Waals surface area contributed by atoms with Gasteiger partial charge in [-0.2, -0.15) is 4.39 Å². The molecule has 2 aromatic rings. The predicted molar refractivity (Wildman–Crippen MR) is 95.3 cm³/mol. The fraction of sp³-hybridized carbons (Fsp3) is 0.167. The van der Waals surface area contributed by atoms with Crippen LogP contribution < -0.4 is 10.6 Å². The number of anilines is 2. The van der Waals surface area contributed by atoms with Crippen LogP contribution in [0.2, 0.25) is 0 Å². The SMILES string of the molecule is C[C@H](OC(=O)c1ccc2c(c1)CC(=O)N2)C(=O)Nc1ccc(F)c([N+](=O)[O-])c1. The number of rotatable bonds is 5. The second-order valence-corrected chi connectivity index (χ2v) is 6.06. The highest BCUT2D eigenvalue weighted by Crippen LogP contribution is 2.25. The molecule has 2 amide bonds. The second-order valence-electron chi connectivity index (χ2n) is 6.06. The number of nitro benzene ring substituents is 1. The van der Waals surface area contributed by atoms with Gasteiger partial charge in [0.2, 0.25) is 11.7 Å². The fourth-order valence-corrected chi connectivity index (χ4v) is 2.61. The van der Waals surface area contributed by atoms with Crippen LogP contribution in [0.25, 0.3) is 0 Å². The molecule has 0 fully saturated rings. The minimum absolute atomic E-state index is 0.0110. The molecule has 0 radical (unpaired) electrons. The number of benzene rings is 2. The summed E-state index contributed by atoms with van der Waals surface area (Å²) in [5.41, 5.74) is 0.639. The number of esters is 1. The molecule has 2 aromatic carbocycles. The topological polar surface area (TPSA) is 128 Å². The highest BCUT2D eigenvalue weighted by Gasteiger charge is 2.23. The number of fused-ring (bicyclic) bond motifs is 1. The summed E-state index contributed by atoms with van der Waals surface area (Å²) in [6.07, 6.45) is -1.07. The van der Waals surface area contributed by atoms with Gasteiger partial charge in [-0.15, -0.1) is 0 Å². The van der Waals surface area contributed by atoms with Crippen molar-refractivity contribution < 1.29 is 28.4 Å². The van der Waals surface area contributed by atoms with Gasteiger partial charge in [0.1, 0.15) is 0 Å². The number of amides is 2. The molecule has 9 nitrogen and oxygen atoms in total. The van der Waals surface area contributed by atoms with Crippen LogP contribution in [-0.4, -0.2) is 28.8 Å². The summed E-state index contributed by atoms with van der Waals surface area (Å²) in [6.45, 7) is 1.32. The van der Waals surface area contributed by atoms with Crippen LogP contribution in [0.4, 0.5) is 21.5 Å². The van der Waals surface area contributed by atoms with Crippen molar-refractivity contribution in [2.24, 2.45) is 0 Å². The normalized spacial score (nSPS) is 13.3. The fourth-order valence-electron chi connectivity index (χ4n) is 2.61. The van der Waals surface area contributed by atoms with Gasteiger partial charge in [-0.1, -0.05) is 0 Å². The van der Waals surface area contributed by atoms with E-state index in [2.05, 4.69) is 10.6 Å². The first-order valence-electron chi connectivity index (χ1n) is 8.13. The van der Waals surface area contributed by atoms with Crippen LogP contribution in [0.3, 0.4) is 0 Å². The Morgan fingerprint density at radius 3 is 2.75 bits per heavy atom. The van der Waals surface area contributed by atoms with E-state index in [1.54, 1.807) is 6.07 Å². The number of nitrogens with one attached hydrogen (secondary N) is 2. The molecule has 28 heavy (non-hydrogen) atoms.